The molecular weight excluding hydrogens is 380 g/mol. The average Bonchev–Trinajstić information content (AvgIpc) is 2.74. The molecule has 0 saturated carbocycles. The number of hydrogen-bond donors (Lipinski definition) is 2. The minimum absolute atomic E-state index is 0.337. The zero-order valence-electron chi connectivity index (χ0n) is 15.4. The van der Waals surface area contributed by atoms with Crippen molar-refractivity contribution in [2.24, 2.45) is 0 Å². The predicted molar refractivity (Wildman–Crippen MR) is 108 cm³/mol. The topological polar surface area (TPSA) is 85.4 Å². The molecule has 0 atom stereocenters. The van der Waals surface area contributed by atoms with Gasteiger partial charge in [0.05, 0.1) is 14.2 Å². The lowest BCUT2D eigenvalue weighted by molar-refractivity contribution is 0.102. The summed E-state index contributed by atoms with van der Waals surface area (Å²) in [5.74, 6) is 1.64. The van der Waals surface area contributed by atoms with Crippen LogP contribution < -0.4 is 20.1 Å². The molecule has 0 fully saturated rings. The number of ether oxygens (including phenoxy) is 2. The molecule has 1 amide bonds. The van der Waals surface area contributed by atoms with E-state index in [1.165, 1.54) is 14.2 Å². The summed E-state index contributed by atoms with van der Waals surface area (Å²) < 4.78 is 10.4. The lowest BCUT2D eigenvalue weighted by Gasteiger charge is -2.09. The van der Waals surface area contributed by atoms with Gasteiger partial charge >= 0.3 is 0 Å². The fourth-order valence-electron chi connectivity index (χ4n) is 2.42. The molecule has 2 aromatic carbocycles. The summed E-state index contributed by atoms with van der Waals surface area (Å²) in [6.45, 7) is 0.584. The van der Waals surface area contributed by atoms with E-state index in [2.05, 4.69) is 20.8 Å². The van der Waals surface area contributed by atoms with Crippen LogP contribution >= 0.6 is 11.6 Å². The third kappa shape index (κ3) is 5.11. The molecule has 0 spiro atoms. The first kappa shape index (κ1) is 19.4. The van der Waals surface area contributed by atoms with Crippen molar-refractivity contribution < 1.29 is 14.3 Å². The van der Waals surface area contributed by atoms with Gasteiger partial charge in [0.15, 0.2) is 5.82 Å². The molecule has 0 aliphatic carbocycles. The molecule has 0 radical (unpaired) electrons. The SMILES string of the molecule is COc1cc(OC)cc(C(=O)Nc2ccc(NCc3ccc(Cl)cc3)nn2)c1. The molecule has 0 aliphatic rings. The third-order valence-corrected chi connectivity index (χ3v) is 4.16. The number of aromatic nitrogens is 2. The van der Waals surface area contributed by atoms with E-state index >= 15 is 0 Å². The van der Waals surface area contributed by atoms with Gasteiger partial charge in [-0.3, -0.25) is 4.79 Å². The highest BCUT2D eigenvalue weighted by molar-refractivity contribution is 6.30. The molecule has 0 unspecified atom stereocenters. The molecule has 3 rings (SSSR count). The van der Waals surface area contributed by atoms with Crippen LogP contribution in [-0.2, 0) is 6.54 Å². The number of anilines is 2. The lowest BCUT2D eigenvalue weighted by atomic mass is 10.2. The molecular formula is C20H19ClN4O3. The first-order valence-corrected chi connectivity index (χ1v) is 8.81. The van der Waals surface area contributed by atoms with Gasteiger partial charge in [-0.05, 0) is 42.0 Å². The number of carbonyl (C=O) groups excluding carboxylic acids is 1. The highest BCUT2D eigenvalue weighted by Gasteiger charge is 2.11. The minimum atomic E-state index is -0.339. The van der Waals surface area contributed by atoms with Gasteiger partial charge in [-0.15, -0.1) is 10.2 Å². The number of nitrogens with zero attached hydrogens (tertiary/aromatic N) is 2. The molecule has 8 heteroatoms. The van der Waals surface area contributed by atoms with Crippen molar-refractivity contribution in [2.75, 3.05) is 24.9 Å². The van der Waals surface area contributed by atoms with Crippen molar-refractivity contribution in [1.82, 2.24) is 10.2 Å². The highest BCUT2D eigenvalue weighted by atomic mass is 35.5. The Kier molecular flexibility index (Phi) is 6.29. The number of rotatable bonds is 7. The van der Waals surface area contributed by atoms with E-state index in [1.54, 1.807) is 30.3 Å². The van der Waals surface area contributed by atoms with E-state index in [0.717, 1.165) is 5.56 Å². The summed E-state index contributed by atoms with van der Waals surface area (Å²) in [6.07, 6.45) is 0. The maximum absolute atomic E-state index is 12.5. The van der Waals surface area contributed by atoms with Gasteiger partial charge in [-0.1, -0.05) is 23.7 Å². The Hall–Kier alpha value is -3.32. The summed E-state index contributed by atoms with van der Waals surface area (Å²) in [4.78, 5) is 12.5. The second-order valence-electron chi connectivity index (χ2n) is 5.84. The highest BCUT2D eigenvalue weighted by Crippen LogP contribution is 2.23. The van der Waals surface area contributed by atoms with Crippen molar-refractivity contribution in [3.05, 3.63) is 70.7 Å². The maximum atomic E-state index is 12.5. The second kappa shape index (κ2) is 9.05. The quantitative estimate of drug-likeness (QED) is 0.625. The smallest absolute Gasteiger partial charge is 0.257 e. The van der Waals surface area contributed by atoms with Gasteiger partial charge in [0.1, 0.15) is 17.3 Å². The second-order valence-corrected chi connectivity index (χ2v) is 6.28. The van der Waals surface area contributed by atoms with Crippen LogP contribution in [0.3, 0.4) is 0 Å². The standard InChI is InChI=1S/C20H19ClN4O3/c1-27-16-9-14(10-17(11-16)28-2)20(26)23-19-8-7-18(24-25-19)22-12-13-3-5-15(21)6-4-13/h3-11H,12H2,1-2H3,(H,22,24)(H,23,25,26). The molecule has 3 aromatic rings. The van der Waals surface area contributed by atoms with Gasteiger partial charge in [0.2, 0.25) is 0 Å². The van der Waals surface area contributed by atoms with Crippen LogP contribution in [-0.4, -0.2) is 30.3 Å². The normalized spacial score (nSPS) is 10.2. The first-order valence-electron chi connectivity index (χ1n) is 8.44. The number of amides is 1. The third-order valence-electron chi connectivity index (χ3n) is 3.91. The largest absolute Gasteiger partial charge is 0.497 e. The Morgan fingerprint density at radius 3 is 2.11 bits per heavy atom. The summed E-state index contributed by atoms with van der Waals surface area (Å²) >= 11 is 5.87. The molecule has 144 valence electrons. The molecule has 0 aliphatic heterocycles. The van der Waals surface area contributed by atoms with E-state index < -0.39 is 0 Å². The van der Waals surface area contributed by atoms with Gasteiger partial charge < -0.3 is 20.1 Å². The molecule has 0 saturated heterocycles. The van der Waals surface area contributed by atoms with E-state index in [1.807, 2.05) is 24.3 Å². The fraction of sp³-hybridized carbons (Fsp3) is 0.150. The van der Waals surface area contributed by atoms with Crippen LogP contribution in [0.5, 0.6) is 11.5 Å². The Labute approximate surface area is 167 Å². The van der Waals surface area contributed by atoms with Gasteiger partial charge in [-0.2, -0.15) is 0 Å². The first-order chi connectivity index (χ1) is 13.6. The van der Waals surface area contributed by atoms with Crippen LogP contribution in [0.4, 0.5) is 11.6 Å². The Morgan fingerprint density at radius 1 is 0.929 bits per heavy atom. The zero-order chi connectivity index (χ0) is 19.9. The number of nitrogens with one attached hydrogen (secondary N) is 2. The summed E-state index contributed by atoms with van der Waals surface area (Å²) in [7, 11) is 3.05. The lowest BCUT2D eigenvalue weighted by Crippen LogP contribution is -2.14. The van der Waals surface area contributed by atoms with Crippen molar-refractivity contribution in [1.29, 1.82) is 0 Å². The van der Waals surface area contributed by atoms with Crippen LogP contribution in [0.25, 0.3) is 0 Å². The average molecular weight is 399 g/mol. The molecule has 7 nitrogen and oxygen atoms in total. The summed E-state index contributed by atoms with van der Waals surface area (Å²) in [5.41, 5.74) is 1.46. The Balaban J connectivity index is 1.62. The van der Waals surface area contributed by atoms with Crippen LogP contribution in [0.1, 0.15) is 15.9 Å². The Morgan fingerprint density at radius 2 is 1.54 bits per heavy atom. The van der Waals surface area contributed by atoms with Crippen molar-refractivity contribution in [3.8, 4) is 11.5 Å². The summed E-state index contributed by atoms with van der Waals surface area (Å²) in [5, 5.41) is 14.7. The molecule has 1 heterocycles. The fourth-order valence-corrected chi connectivity index (χ4v) is 2.54. The Bertz CT molecular complexity index is 924. The van der Waals surface area contributed by atoms with Gasteiger partial charge in [0, 0.05) is 23.2 Å². The van der Waals surface area contributed by atoms with Crippen molar-refractivity contribution in [2.45, 2.75) is 6.54 Å². The number of halogens is 1. The van der Waals surface area contributed by atoms with Crippen molar-refractivity contribution >= 4 is 29.1 Å². The van der Waals surface area contributed by atoms with Gasteiger partial charge in [0.25, 0.3) is 5.91 Å². The van der Waals surface area contributed by atoms with Gasteiger partial charge in [-0.25, -0.2) is 0 Å². The predicted octanol–water partition coefficient (Wildman–Crippen LogP) is 4.01. The van der Waals surface area contributed by atoms with E-state index in [0.29, 0.717) is 40.3 Å². The number of carbonyl (C=O) groups is 1. The zero-order valence-corrected chi connectivity index (χ0v) is 16.2. The van der Waals surface area contributed by atoms with Crippen molar-refractivity contribution in [3.63, 3.8) is 0 Å². The van der Waals surface area contributed by atoms with E-state index in [-0.39, 0.29) is 5.91 Å². The summed E-state index contributed by atoms with van der Waals surface area (Å²) in [6, 6.07) is 15.9. The monoisotopic (exact) mass is 398 g/mol. The molecule has 2 N–H and O–H groups in total. The van der Waals surface area contributed by atoms with E-state index in [9.17, 15) is 4.79 Å². The molecule has 0 bridgehead atoms. The van der Waals surface area contributed by atoms with E-state index in [4.69, 9.17) is 21.1 Å². The van der Waals surface area contributed by atoms with Crippen LogP contribution in [0.2, 0.25) is 5.02 Å². The number of benzene rings is 2. The van der Waals surface area contributed by atoms with Crippen LogP contribution in [0.15, 0.2) is 54.6 Å². The molecule has 28 heavy (non-hydrogen) atoms. The molecule has 1 aromatic heterocycles. The number of methoxy groups -OCH3 is 2. The minimum Gasteiger partial charge on any atom is -0.497 e. The van der Waals surface area contributed by atoms with Crippen LogP contribution in [0, 0.1) is 0 Å². The number of hydrogen-bond acceptors (Lipinski definition) is 6. The maximum Gasteiger partial charge on any atom is 0.257 e.